The number of hydrogen-bond acceptors (Lipinski definition) is 6. The Bertz CT molecular complexity index is 1420. The second-order valence-electron chi connectivity index (χ2n) is 10.9. The summed E-state index contributed by atoms with van der Waals surface area (Å²) in [5.41, 5.74) is 4.10. The number of hydrogen-bond donors (Lipinski definition) is 1. The number of carbonyl (C=O) groups is 2. The standard InChI is InChI=1S/C30H31Cl2N3O5/c1-16-6-7-18(29(36)38-2)12-25(16)33-30(37)35-19-10-11-20(35)14-21(13-19)39-15-22-27(34-40-28(22)17-8-9-17)26-23(31)4-3-5-24(26)32/h3-7,12,17,19-21H,8-11,13-15H2,1-2H3,(H,33,37). The molecule has 0 spiro atoms. The molecular formula is C30H31Cl2N3O5. The average Bonchev–Trinajstić information content (AvgIpc) is 3.64. The summed E-state index contributed by atoms with van der Waals surface area (Å²) in [6.45, 7) is 2.25. The van der Waals surface area contributed by atoms with Crippen molar-refractivity contribution in [3.05, 3.63) is 68.9 Å². The second-order valence-corrected chi connectivity index (χ2v) is 11.7. The molecule has 3 aromatic rings. The van der Waals surface area contributed by atoms with Crippen LogP contribution in [-0.4, -0.2) is 47.4 Å². The van der Waals surface area contributed by atoms with E-state index in [0.717, 1.165) is 55.4 Å². The predicted molar refractivity (Wildman–Crippen MR) is 152 cm³/mol. The summed E-state index contributed by atoms with van der Waals surface area (Å²) in [7, 11) is 1.34. The van der Waals surface area contributed by atoms with Gasteiger partial charge in [-0.15, -0.1) is 0 Å². The number of piperidine rings is 1. The molecule has 3 aliphatic rings. The molecule has 10 heteroatoms. The first-order chi connectivity index (χ1) is 19.3. The third-order valence-corrected chi connectivity index (χ3v) is 8.88. The Morgan fingerprint density at radius 3 is 2.42 bits per heavy atom. The van der Waals surface area contributed by atoms with E-state index in [4.69, 9.17) is 37.2 Å². The number of fused-ring (bicyclic) bond motifs is 2. The number of anilines is 1. The van der Waals surface area contributed by atoms with Crippen LogP contribution in [0.15, 0.2) is 40.9 Å². The van der Waals surface area contributed by atoms with Crippen LogP contribution >= 0.6 is 23.2 Å². The molecule has 3 heterocycles. The first-order valence-electron chi connectivity index (χ1n) is 13.7. The molecule has 2 atom stereocenters. The Morgan fingerprint density at radius 2 is 1.77 bits per heavy atom. The molecule has 2 amide bonds. The van der Waals surface area contributed by atoms with Gasteiger partial charge in [-0.3, -0.25) is 0 Å². The number of urea groups is 1. The third-order valence-electron chi connectivity index (χ3n) is 8.25. The van der Waals surface area contributed by atoms with Crippen molar-refractivity contribution in [2.75, 3.05) is 12.4 Å². The smallest absolute Gasteiger partial charge is 0.337 e. The average molecular weight is 585 g/mol. The van der Waals surface area contributed by atoms with E-state index in [9.17, 15) is 9.59 Å². The molecule has 2 saturated heterocycles. The monoisotopic (exact) mass is 583 g/mol. The van der Waals surface area contributed by atoms with Gasteiger partial charge < -0.3 is 24.2 Å². The normalized spacial score (nSPS) is 21.9. The molecule has 2 aliphatic heterocycles. The number of nitrogens with zero attached hydrogens (tertiary/aromatic N) is 2. The van der Waals surface area contributed by atoms with Gasteiger partial charge in [-0.25, -0.2) is 9.59 Å². The van der Waals surface area contributed by atoms with Crippen LogP contribution in [-0.2, 0) is 16.1 Å². The minimum absolute atomic E-state index is 0.00228. The molecule has 2 aromatic carbocycles. The number of aryl methyl sites for hydroxylation is 1. The molecule has 0 radical (unpaired) electrons. The number of methoxy groups -OCH3 is 1. The number of carbonyl (C=O) groups excluding carboxylic acids is 2. The molecule has 210 valence electrons. The first kappa shape index (κ1) is 27.1. The molecule has 8 nitrogen and oxygen atoms in total. The highest BCUT2D eigenvalue weighted by Gasteiger charge is 2.44. The molecule has 2 bridgehead atoms. The minimum atomic E-state index is -0.439. The van der Waals surface area contributed by atoms with Gasteiger partial charge in [0.2, 0.25) is 0 Å². The number of esters is 1. The van der Waals surface area contributed by atoms with E-state index < -0.39 is 5.97 Å². The third kappa shape index (κ3) is 5.20. The highest BCUT2D eigenvalue weighted by atomic mass is 35.5. The molecule has 1 aromatic heterocycles. The lowest BCUT2D eigenvalue weighted by Crippen LogP contribution is -2.50. The fourth-order valence-electron chi connectivity index (χ4n) is 6.03. The van der Waals surface area contributed by atoms with Gasteiger partial charge in [0.15, 0.2) is 0 Å². The van der Waals surface area contributed by atoms with Gasteiger partial charge in [0, 0.05) is 34.8 Å². The lowest BCUT2D eigenvalue weighted by atomic mass is 9.99. The zero-order valence-electron chi connectivity index (χ0n) is 22.4. The SMILES string of the molecule is COC(=O)c1ccc(C)c(NC(=O)N2C3CCC2CC(OCc2c(-c4c(Cl)cccc4Cl)noc2C2CC2)C3)c1. The van der Waals surface area contributed by atoms with Crippen molar-refractivity contribution in [1.82, 2.24) is 10.1 Å². The number of ether oxygens (including phenoxy) is 2. The zero-order valence-corrected chi connectivity index (χ0v) is 23.9. The van der Waals surface area contributed by atoms with Crippen LogP contribution in [0.5, 0.6) is 0 Å². The predicted octanol–water partition coefficient (Wildman–Crippen LogP) is 7.36. The van der Waals surface area contributed by atoms with E-state index in [1.165, 1.54) is 7.11 Å². The van der Waals surface area contributed by atoms with Crippen LogP contribution in [0.25, 0.3) is 11.3 Å². The number of rotatable bonds is 7. The zero-order chi connectivity index (χ0) is 28.0. The molecule has 3 fully saturated rings. The fraction of sp³-hybridized carbons (Fsp3) is 0.433. The van der Waals surface area contributed by atoms with Crippen LogP contribution in [0.2, 0.25) is 10.0 Å². The molecule has 6 rings (SSSR count). The lowest BCUT2D eigenvalue weighted by Gasteiger charge is -2.38. The van der Waals surface area contributed by atoms with Crippen LogP contribution in [0.1, 0.15) is 71.7 Å². The summed E-state index contributed by atoms with van der Waals surface area (Å²) < 4.78 is 17.1. The summed E-state index contributed by atoms with van der Waals surface area (Å²) in [6.07, 6.45) is 5.49. The van der Waals surface area contributed by atoms with Gasteiger partial charge in [-0.05, 0) is 75.3 Å². The number of nitrogens with one attached hydrogen (secondary N) is 1. The summed E-state index contributed by atoms with van der Waals surface area (Å²) in [5.74, 6) is 0.769. The highest BCUT2D eigenvalue weighted by Crippen LogP contribution is 2.46. The maximum Gasteiger partial charge on any atom is 0.337 e. The van der Waals surface area contributed by atoms with Crippen LogP contribution in [0, 0.1) is 6.92 Å². The van der Waals surface area contributed by atoms with Crippen molar-refractivity contribution >= 4 is 40.9 Å². The van der Waals surface area contributed by atoms with E-state index in [2.05, 4.69) is 10.5 Å². The largest absolute Gasteiger partial charge is 0.465 e. The first-order valence-corrected chi connectivity index (χ1v) is 14.4. The minimum Gasteiger partial charge on any atom is -0.465 e. The van der Waals surface area contributed by atoms with Crippen LogP contribution in [0.4, 0.5) is 10.5 Å². The van der Waals surface area contributed by atoms with Crippen molar-refractivity contribution in [1.29, 1.82) is 0 Å². The fourth-order valence-corrected chi connectivity index (χ4v) is 6.60. The van der Waals surface area contributed by atoms with Crippen LogP contribution < -0.4 is 5.32 Å². The van der Waals surface area contributed by atoms with Crippen molar-refractivity contribution in [2.24, 2.45) is 0 Å². The molecule has 2 unspecified atom stereocenters. The van der Waals surface area contributed by atoms with Gasteiger partial charge in [0.05, 0.1) is 35.4 Å². The molecule has 1 saturated carbocycles. The van der Waals surface area contributed by atoms with E-state index in [0.29, 0.717) is 45.1 Å². The summed E-state index contributed by atoms with van der Waals surface area (Å²) in [5, 5.41) is 8.44. The molecular weight excluding hydrogens is 553 g/mol. The van der Waals surface area contributed by atoms with Gasteiger partial charge in [-0.1, -0.05) is 40.5 Å². The Kier molecular flexibility index (Phi) is 7.50. The molecule has 1 aliphatic carbocycles. The summed E-state index contributed by atoms with van der Waals surface area (Å²) in [6, 6.07) is 10.6. The maximum absolute atomic E-state index is 13.4. The Hall–Kier alpha value is -3.07. The maximum atomic E-state index is 13.4. The Labute approximate surface area is 242 Å². The Morgan fingerprint density at radius 1 is 1.07 bits per heavy atom. The van der Waals surface area contributed by atoms with E-state index >= 15 is 0 Å². The number of halogens is 2. The topological polar surface area (TPSA) is 93.9 Å². The summed E-state index contributed by atoms with van der Waals surface area (Å²) >= 11 is 13.0. The van der Waals surface area contributed by atoms with Gasteiger partial charge in [0.1, 0.15) is 11.5 Å². The molecule has 1 N–H and O–H groups in total. The molecule has 40 heavy (non-hydrogen) atoms. The van der Waals surface area contributed by atoms with Crippen molar-refractivity contribution < 1.29 is 23.6 Å². The quantitative estimate of drug-likeness (QED) is 0.292. The number of aromatic nitrogens is 1. The van der Waals surface area contributed by atoms with E-state index in [1.807, 2.05) is 17.9 Å². The lowest BCUT2D eigenvalue weighted by molar-refractivity contribution is -0.0158. The second kappa shape index (κ2) is 11.1. The van der Waals surface area contributed by atoms with Gasteiger partial charge >= 0.3 is 12.0 Å². The Balaban J connectivity index is 1.14. The van der Waals surface area contributed by atoms with Crippen molar-refractivity contribution in [3.8, 4) is 11.3 Å². The van der Waals surface area contributed by atoms with Crippen molar-refractivity contribution in [3.63, 3.8) is 0 Å². The van der Waals surface area contributed by atoms with E-state index in [1.54, 1.807) is 30.3 Å². The van der Waals surface area contributed by atoms with Gasteiger partial charge in [0.25, 0.3) is 0 Å². The van der Waals surface area contributed by atoms with Crippen LogP contribution in [0.3, 0.4) is 0 Å². The summed E-state index contributed by atoms with van der Waals surface area (Å²) in [4.78, 5) is 27.3. The van der Waals surface area contributed by atoms with E-state index in [-0.39, 0.29) is 24.2 Å². The number of benzene rings is 2. The number of amides is 2. The highest BCUT2D eigenvalue weighted by molar-refractivity contribution is 6.39. The van der Waals surface area contributed by atoms with Crippen molar-refractivity contribution in [2.45, 2.75) is 76.2 Å². The van der Waals surface area contributed by atoms with Gasteiger partial charge in [-0.2, -0.15) is 0 Å².